The van der Waals surface area contributed by atoms with Gasteiger partial charge in [0.15, 0.2) is 0 Å². The van der Waals surface area contributed by atoms with Gasteiger partial charge in [0.05, 0.1) is 5.56 Å². The number of aryl methyl sites for hydroxylation is 2. The minimum atomic E-state index is -0.883. The van der Waals surface area contributed by atoms with Gasteiger partial charge in [-0.2, -0.15) is 0 Å². The lowest BCUT2D eigenvalue weighted by Crippen LogP contribution is -2.01. The highest BCUT2D eigenvalue weighted by Crippen LogP contribution is 2.17. The minimum Gasteiger partial charge on any atom is -0.478 e. The van der Waals surface area contributed by atoms with Crippen molar-refractivity contribution >= 4 is 28.0 Å². The predicted octanol–water partition coefficient (Wildman–Crippen LogP) is 3.37. The molecule has 0 aromatic heterocycles. The Balaban J connectivity index is 3.34. The highest BCUT2D eigenvalue weighted by atomic mass is 79.9. The maximum atomic E-state index is 10.9. The molecule has 0 unspecified atom stereocenters. The second kappa shape index (κ2) is 4.42. The first-order valence-electron chi connectivity index (χ1n) is 4.17. The van der Waals surface area contributed by atoms with Crippen LogP contribution in [0.2, 0.25) is 0 Å². The number of rotatable bonds is 2. The van der Waals surface area contributed by atoms with Crippen molar-refractivity contribution in [2.45, 2.75) is 13.8 Å². The molecule has 0 spiro atoms. The Morgan fingerprint density at radius 2 is 2.00 bits per heavy atom. The SMILES string of the molecule is Cc1cc(C)c(C(=O)O)cc1/C=C/Br. The third-order valence-corrected chi connectivity index (χ3v) is 2.35. The van der Waals surface area contributed by atoms with E-state index in [2.05, 4.69) is 15.9 Å². The zero-order chi connectivity index (χ0) is 10.7. The Morgan fingerprint density at radius 3 is 2.50 bits per heavy atom. The second-order valence-corrected chi connectivity index (χ2v) is 3.65. The van der Waals surface area contributed by atoms with Gasteiger partial charge in [-0.3, -0.25) is 0 Å². The molecule has 0 saturated carbocycles. The first-order chi connectivity index (χ1) is 6.56. The second-order valence-electron chi connectivity index (χ2n) is 3.12. The third kappa shape index (κ3) is 2.23. The summed E-state index contributed by atoms with van der Waals surface area (Å²) >= 11 is 3.17. The fourth-order valence-corrected chi connectivity index (χ4v) is 1.63. The van der Waals surface area contributed by atoms with Crippen molar-refractivity contribution in [3.8, 4) is 0 Å². The summed E-state index contributed by atoms with van der Waals surface area (Å²) in [6.07, 6.45) is 1.83. The van der Waals surface area contributed by atoms with Crippen LogP contribution in [0.1, 0.15) is 27.0 Å². The lowest BCUT2D eigenvalue weighted by atomic mass is 10.0. The third-order valence-electron chi connectivity index (χ3n) is 2.09. The van der Waals surface area contributed by atoms with Gasteiger partial charge in [0.25, 0.3) is 0 Å². The first kappa shape index (κ1) is 11.0. The largest absolute Gasteiger partial charge is 0.478 e. The highest BCUT2D eigenvalue weighted by Gasteiger charge is 2.08. The molecule has 3 heteroatoms. The minimum absolute atomic E-state index is 0.358. The zero-order valence-corrected chi connectivity index (χ0v) is 9.63. The molecule has 14 heavy (non-hydrogen) atoms. The van der Waals surface area contributed by atoms with Gasteiger partial charge in [-0.1, -0.05) is 22.0 Å². The fourth-order valence-electron chi connectivity index (χ4n) is 1.35. The zero-order valence-electron chi connectivity index (χ0n) is 8.04. The van der Waals surface area contributed by atoms with E-state index in [0.717, 1.165) is 16.7 Å². The summed E-state index contributed by atoms with van der Waals surface area (Å²) < 4.78 is 0. The lowest BCUT2D eigenvalue weighted by Gasteiger charge is -2.05. The molecular weight excluding hydrogens is 244 g/mol. The molecule has 2 nitrogen and oxygen atoms in total. The Bertz CT molecular complexity index is 395. The Morgan fingerprint density at radius 1 is 1.36 bits per heavy atom. The highest BCUT2D eigenvalue weighted by molar-refractivity contribution is 9.11. The van der Waals surface area contributed by atoms with Crippen molar-refractivity contribution in [3.05, 3.63) is 39.4 Å². The molecule has 1 N–H and O–H groups in total. The lowest BCUT2D eigenvalue weighted by molar-refractivity contribution is 0.0696. The van der Waals surface area contributed by atoms with Gasteiger partial charge in [0.1, 0.15) is 0 Å². The van der Waals surface area contributed by atoms with Crippen LogP contribution in [-0.4, -0.2) is 11.1 Å². The van der Waals surface area contributed by atoms with Crippen molar-refractivity contribution in [3.63, 3.8) is 0 Å². The van der Waals surface area contributed by atoms with Crippen LogP contribution in [0.3, 0.4) is 0 Å². The standard InChI is InChI=1S/C11H11BrO2/c1-7-5-8(2)10(11(13)14)6-9(7)3-4-12/h3-6H,1-2H3,(H,13,14)/b4-3+. The Hall–Kier alpha value is -1.09. The van der Waals surface area contributed by atoms with Crippen LogP contribution in [0.5, 0.6) is 0 Å². The van der Waals surface area contributed by atoms with Crippen LogP contribution in [0, 0.1) is 13.8 Å². The van der Waals surface area contributed by atoms with Crippen LogP contribution >= 0.6 is 15.9 Å². The molecule has 0 bridgehead atoms. The molecule has 1 aromatic rings. The predicted molar refractivity (Wildman–Crippen MR) is 60.8 cm³/mol. The summed E-state index contributed by atoms with van der Waals surface area (Å²) in [7, 11) is 0. The molecular formula is C11H11BrO2. The van der Waals surface area contributed by atoms with Gasteiger partial charge in [0.2, 0.25) is 0 Å². The van der Waals surface area contributed by atoms with E-state index in [9.17, 15) is 4.79 Å². The van der Waals surface area contributed by atoms with Gasteiger partial charge in [0, 0.05) is 0 Å². The van der Waals surface area contributed by atoms with Crippen LogP contribution in [-0.2, 0) is 0 Å². The number of benzene rings is 1. The van der Waals surface area contributed by atoms with Crippen molar-refractivity contribution in [2.75, 3.05) is 0 Å². The van der Waals surface area contributed by atoms with E-state index in [-0.39, 0.29) is 0 Å². The molecule has 1 rings (SSSR count). The Kier molecular flexibility index (Phi) is 3.47. The van der Waals surface area contributed by atoms with Crippen LogP contribution in [0.25, 0.3) is 6.08 Å². The summed E-state index contributed by atoms with van der Waals surface area (Å²) in [5.74, 6) is -0.883. The smallest absolute Gasteiger partial charge is 0.335 e. The van der Waals surface area contributed by atoms with Crippen molar-refractivity contribution in [2.24, 2.45) is 0 Å². The molecule has 0 saturated heterocycles. The van der Waals surface area contributed by atoms with Crippen LogP contribution in [0.15, 0.2) is 17.1 Å². The van der Waals surface area contributed by atoms with Gasteiger partial charge in [-0.15, -0.1) is 0 Å². The molecule has 0 heterocycles. The molecule has 0 amide bonds. The van der Waals surface area contributed by atoms with Gasteiger partial charge < -0.3 is 5.11 Å². The average molecular weight is 255 g/mol. The van der Waals surface area contributed by atoms with Crippen molar-refractivity contribution in [1.29, 1.82) is 0 Å². The Labute approximate surface area is 91.4 Å². The first-order valence-corrected chi connectivity index (χ1v) is 5.09. The number of aromatic carboxylic acids is 1. The molecule has 1 aromatic carbocycles. The van der Waals surface area contributed by atoms with Gasteiger partial charge in [-0.25, -0.2) is 4.79 Å². The molecule has 0 aliphatic rings. The molecule has 74 valence electrons. The number of carbonyl (C=O) groups is 1. The molecule has 0 aliphatic heterocycles. The van der Waals surface area contributed by atoms with E-state index in [1.807, 2.05) is 19.1 Å². The maximum absolute atomic E-state index is 10.9. The summed E-state index contributed by atoms with van der Waals surface area (Å²) in [5.41, 5.74) is 3.14. The molecule has 0 radical (unpaired) electrons. The van der Waals surface area contributed by atoms with E-state index in [1.54, 1.807) is 18.0 Å². The average Bonchev–Trinajstić information content (AvgIpc) is 2.09. The fraction of sp³-hybridized carbons (Fsp3) is 0.182. The van der Waals surface area contributed by atoms with E-state index in [4.69, 9.17) is 5.11 Å². The number of hydrogen-bond acceptors (Lipinski definition) is 1. The topological polar surface area (TPSA) is 37.3 Å². The molecule has 0 atom stereocenters. The van der Waals surface area contributed by atoms with Crippen molar-refractivity contribution < 1.29 is 9.90 Å². The van der Waals surface area contributed by atoms with E-state index in [1.165, 1.54) is 0 Å². The summed E-state index contributed by atoms with van der Waals surface area (Å²) in [4.78, 5) is 12.6. The van der Waals surface area contributed by atoms with Gasteiger partial charge in [-0.05, 0) is 47.7 Å². The summed E-state index contributed by atoms with van der Waals surface area (Å²) in [6.45, 7) is 3.76. The normalized spacial score (nSPS) is 10.8. The monoisotopic (exact) mass is 254 g/mol. The number of carboxylic acids is 1. The van der Waals surface area contributed by atoms with Crippen molar-refractivity contribution in [1.82, 2.24) is 0 Å². The number of halogens is 1. The number of hydrogen-bond donors (Lipinski definition) is 1. The molecule has 0 fully saturated rings. The van der Waals surface area contributed by atoms with Gasteiger partial charge >= 0.3 is 5.97 Å². The maximum Gasteiger partial charge on any atom is 0.335 e. The van der Waals surface area contributed by atoms with Crippen LogP contribution in [0.4, 0.5) is 0 Å². The number of carboxylic acid groups (broad SMARTS) is 1. The quantitative estimate of drug-likeness (QED) is 0.879. The van der Waals surface area contributed by atoms with E-state index < -0.39 is 5.97 Å². The van der Waals surface area contributed by atoms with Crippen LogP contribution < -0.4 is 0 Å². The molecule has 0 aliphatic carbocycles. The van der Waals surface area contributed by atoms with E-state index >= 15 is 0 Å². The summed E-state index contributed by atoms with van der Waals surface area (Å²) in [6, 6.07) is 3.57. The summed E-state index contributed by atoms with van der Waals surface area (Å²) in [5, 5.41) is 8.91. The van der Waals surface area contributed by atoms with E-state index in [0.29, 0.717) is 5.56 Å².